The van der Waals surface area contributed by atoms with E-state index < -0.39 is 11.9 Å². The second-order valence-corrected chi connectivity index (χ2v) is 22.9. The van der Waals surface area contributed by atoms with Gasteiger partial charge in [-0.05, 0) is 102 Å². The van der Waals surface area contributed by atoms with Gasteiger partial charge in [0, 0.05) is 25.7 Å². The van der Waals surface area contributed by atoms with Gasteiger partial charge in [0.1, 0.15) is 36.2 Å². The fourth-order valence-electron chi connectivity index (χ4n) is 8.98. The van der Waals surface area contributed by atoms with Crippen LogP contribution in [0.5, 0.6) is 23.0 Å². The van der Waals surface area contributed by atoms with Crippen molar-refractivity contribution >= 4 is 11.9 Å². The van der Waals surface area contributed by atoms with Crippen LogP contribution in [0.25, 0.3) is 0 Å². The number of hydrogen-bond donors (Lipinski definition) is 0. The van der Waals surface area contributed by atoms with Crippen molar-refractivity contribution in [1.82, 2.24) is 0 Å². The quantitative estimate of drug-likeness (QED) is 0.138. The topological polar surface area (TPSA) is 117 Å². The second-order valence-electron chi connectivity index (χ2n) is 22.9. The molecule has 71 heavy (non-hydrogen) atoms. The maximum atomic E-state index is 13.2. The molecule has 0 aromatic heterocycles. The summed E-state index contributed by atoms with van der Waals surface area (Å²) in [6.07, 6.45) is 1.68. The van der Waals surface area contributed by atoms with Crippen LogP contribution in [-0.2, 0) is 80.6 Å². The lowest BCUT2D eigenvalue weighted by atomic mass is 9.79. The van der Waals surface area contributed by atoms with E-state index in [0.29, 0.717) is 76.8 Å². The van der Waals surface area contributed by atoms with E-state index in [1.807, 2.05) is 0 Å². The lowest BCUT2D eigenvalue weighted by Gasteiger charge is -2.29. The third-order valence-electron chi connectivity index (χ3n) is 12.9. The van der Waals surface area contributed by atoms with Crippen LogP contribution in [-0.4, -0.2) is 91.2 Å². The summed E-state index contributed by atoms with van der Waals surface area (Å²) in [5.74, 6) is 1.84. The van der Waals surface area contributed by atoms with Gasteiger partial charge in [0.15, 0.2) is 13.2 Å². The summed E-state index contributed by atoms with van der Waals surface area (Å²) >= 11 is 0. The summed E-state index contributed by atoms with van der Waals surface area (Å²) < 4.78 is 56.4. The zero-order valence-electron chi connectivity index (χ0n) is 45.4. The Balaban J connectivity index is 1.79. The molecule has 0 N–H and O–H groups in total. The number of esters is 2. The SMILES string of the molecule is CCOC(=O)COc1c2cc(C(C)(C)C)cc1Cc1cc(C(C)(C)C)cc3c1OCCOCCOCCOCCOc1c(cc(C(C)(C)C)cc1Cc1cc(C(C)(C)C)cc(c1OCC(=O)OCC)C3)C2. The minimum Gasteiger partial charge on any atom is -0.491 e. The minimum atomic E-state index is -0.441. The van der Waals surface area contributed by atoms with Crippen molar-refractivity contribution in [1.29, 1.82) is 0 Å². The Morgan fingerprint density at radius 1 is 0.394 bits per heavy atom. The first kappa shape index (κ1) is 55.2. The fourth-order valence-corrected chi connectivity index (χ4v) is 8.98. The van der Waals surface area contributed by atoms with Gasteiger partial charge < -0.3 is 42.6 Å². The zero-order chi connectivity index (χ0) is 51.7. The molecule has 0 amide bonds. The highest BCUT2D eigenvalue weighted by Crippen LogP contribution is 2.44. The van der Waals surface area contributed by atoms with E-state index in [-0.39, 0.29) is 61.3 Å². The molecular weight excluding hydrogens is 897 g/mol. The molecule has 11 heteroatoms. The minimum absolute atomic E-state index is 0.242. The van der Waals surface area contributed by atoms with Crippen molar-refractivity contribution < 1.29 is 52.2 Å². The Bertz CT molecular complexity index is 2210. The highest BCUT2D eigenvalue weighted by molar-refractivity contribution is 5.72. The average molecular weight is 979 g/mol. The molecular formula is C60H82O11. The molecule has 0 spiro atoms. The second kappa shape index (κ2) is 23.6. The van der Waals surface area contributed by atoms with Crippen LogP contribution in [0.3, 0.4) is 0 Å². The van der Waals surface area contributed by atoms with E-state index in [4.69, 9.17) is 42.6 Å². The van der Waals surface area contributed by atoms with E-state index in [1.165, 1.54) is 0 Å². The van der Waals surface area contributed by atoms with Crippen molar-refractivity contribution in [2.45, 2.75) is 144 Å². The van der Waals surface area contributed by atoms with Crippen molar-refractivity contribution in [2.24, 2.45) is 0 Å². The molecule has 0 saturated carbocycles. The standard InChI is InChI=1S/C60H82O11/c1-15-66-51(61)37-70-55-43-25-39-29-47(57(3,4)5)31-41-27-45-35-50(60(12,13)14)36-46(56(45)71-38-52(62)67-16-2)28-42-32-48(58(6,7)8)30-40(26-44(55)34-49(33-43)59(9,10)11)54(42)69-24-22-65-20-18-63-17-19-64-21-23-68-53(39)41/h29-36H,15-28,37-38H2,1-14H3. The summed E-state index contributed by atoms with van der Waals surface area (Å²) in [6, 6.07) is 18.0. The molecule has 0 unspecified atom stereocenters. The molecule has 10 bridgehead atoms. The molecule has 4 aromatic carbocycles. The van der Waals surface area contributed by atoms with Crippen LogP contribution >= 0.6 is 0 Å². The number of rotatable bonds is 8. The van der Waals surface area contributed by atoms with Crippen LogP contribution < -0.4 is 18.9 Å². The lowest BCUT2D eigenvalue weighted by Crippen LogP contribution is -2.20. The fraction of sp³-hybridized carbons (Fsp3) is 0.567. The van der Waals surface area contributed by atoms with Gasteiger partial charge in [-0.15, -0.1) is 0 Å². The van der Waals surface area contributed by atoms with E-state index in [2.05, 4.69) is 132 Å². The predicted molar refractivity (Wildman–Crippen MR) is 279 cm³/mol. The zero-order valence-corrected chi connectivity index (χ0v) is 45.4. The summed E-state index contributed by atoms with van der Waals surface area (Å²) in [4.78, 5) is 26.5. The molecule has 0 atom stereocenters. The Labute approximate surface area is 424 Å². The smallest absolute Gasteiger partial charge is 0.344 e. The summed E-state index contributed by atoms with van der Waals surface area (Å²) in [5, 5.41) is 0. The molecule has 0 fully saturated rings. The summed E-state index contributed by atoms with van der Waals surface area (Å²) in [7, 11) is 0. The number of ether oxygens (including phenoxy) is 9. The van der Waals surface area contributed by atoms with Crippen molar-refractivity contribution in [3.8, 4) is 23.0 Å². The highest BCUT2D eigenvalue weighted by Gasteiger charge is 2.30. The van der Waals surface area contributed by atoms with Gasteiger partial charge in [0.2, 0.25) is 0 Å². The Morgan fingerprint density at radius 3 is 0.873 bits per heavy atom. The predicted octanol–water partition coefficient (Wildman–Crippen LogP) is 11.3. The van der Waals surface area contributed by atoms with E-state index in [1.54, 1.807) is 13.8 Å². The monoisotopic (exact) mass is 979 g/mol. The molecule has 4 aromatic rings. The molecule has 388 valence electrons. The van der Waals surface area contributed by atoms with Gasteiger partial charge in [0.05, 0.1) is 52.9 Å². The van der Waals surface area contributed by atoms with Crippen LogP contribution in [0.2, 0.25) is 0 Å². The number of carbonyl (C=O) groups excluding carboxylic acids is 2. The average Bonchev–Trinajstić information content (AvgIpc) is 3.26. The maximum absolute atomic E-state index is 13.2. The molecule has 0 radical (unpaired) electrons. The highest BCUT2D eigenvalue weighted by atomic mass is 16.6. The number of hydrogen-bond acceptors (Lipinski definition) is 11. The van der Waals surface area contributed by atoms with E-state index in [9.17, 15) is 9.59 Å². The lowest BCUT2D eigenvalue weighted by molar-refractivity contribution is -0.146. The third kappa shape index (κ3) is 15.0. The normalized spacial score (nSPS) is 15.5. The first-order valence-corrected chi connectivity index (χ1v) is 25.7. The first-order chi connectivity index (χ1) is 33.5. The first-order valence-electron chi connectivity index (χ1n) is 25.7. The van der Waals surface area contributed by atoms with Gasteiger partial charge >= 0.3 is 11.9 Å². The van der Waals surface area contributed by atoms with Crippen molar-refractivity contribution in [3.63, 3.8) is 0 Å². The number of fused-ring (bicyclic) bond motifs is 2. The molecule has 2 aliphatic rings. The number of carbonyl (C=O) groups is 2. The molecule has 1 aliphatic carbocycles. The molecule has 0 saturated heterocycles. The Kier molecular flexibility index (Phi) is 18.4. The van der Waals surface area contributed by atoms with Crippen molar-refractivity contribution in [2.75, 3.05) is 79.3 Å². The molecule has 6 rings (SSSR count). The Hall–Kier alpha value is -5.10. The summed E-state index contributed by atoms with van der Waals surface area (Å²) in [6.45, 7) is 33.1. The van der Waals surface area contributed by atoms with Crippen LogP contribution in [0.15, 0.2) is 48.5 Å². The van der Waals surface area contributed by atoms with Crippen LogP contribution in [0.1, 0.15) is 164 Å². The maximum Gasteiger partial charge on any atom is 0.344 e. The van der Waals surface area contributed by atoms with E-state index >= 15 is 0 Å². The van der Waals surface area contributed by atoms with Crippen LogP contribution in [0, 0.1) is 0 Å². The Morgan fingerprint density at radius 2 is 0.634 bits per heavy atom. The third-order valence-corrected chi connectivity index (χ3v) is 12.9. The van der Waals surface area contributed by atoms with Gasteiger partial charge in [-0.25, -0.2) is 9.59 Å². The largest absolute Gasteiger partial charge is 0.491 e. The van der Waals surface area contributed by atoms with Gasteiger partial charge in [-0.1, -0.05) is 132 Å². The van der Waals surface area contributed by atoms with E-state index in [0.717, 1.165) is 78.3 Å². The molecule has 1 heterocycles. The summed E-state index contributed by atoms with van der Waals surface area (Å²) in [5.41, 5.74) is 11.0. The van der Waals surface area contributed by atoms with Gasteiger partial charge in [0.25, 0.3) is 0 Å². The van der Waals surface area contributed by atoms with Crippen LogP contribution in [0.4, 0.5) is 0 Å². The van der Waals surface area contributed by atoms with Gasteiger partial charge in [-0.2, -0.15) is 0 Å². The van der Waals surface area contributed by atoms with Gasteiger partial charge in [-0.3, -0.25) is 0 Å². The van der Waals surface area contributed by atoms with Crippen molar-refractivity contribution in [3.05, 3.63) is 115 Å². The number of benzene rings is 4. The molecule has 1 aliphatic heterocycles. The molecule has 11 nitrogen and oxygen atoms in total.